The van der Waals surface area contributed by atoms with Crippen LogP contribution >= 0.6 is 0 Å². The second kappa shape index (κ2) is 12.2. The third kappa shape index (κ3) is 6.69. The van der Waals surface area contributed by atoms with Gasteiger partial charge >= 0.3 is 0 Å². The molecule has 7 heteroatoms. The van der Waals surface area contributed by atoms with Crippen molar-refractivity contribution in [2.24, 2.45) is 4.99 Å². The molecule has 1 N–H and O–H groups in total. The Morgan fingerprint density at radius 2 is 1.69 bits per heavy atom. The number of benzene rings is 1. The summed E-state index contributed by atoms with van der Waals surface area (Å²) in [5.41, 5.74) is 1.33. The molecule has 0 spiro atoms. The van der Waals surface area contributed by atoms with Crippen LogP contribution in [0.2, 0.25) is 0 Å². The second-order valence-corrected chi connectivity index (χ2v) is 9.18. The molecule has 2 unspecified atom stereocenters. The van der Waals surface area contributed by atoms with Gasteiger partial charge in [-0.1, -0.05) is 30.3 Å². The van der Waals surface area contributed by atoms with Crippen LogP contribution in [-0.4, -0.2) is 103 Å². The summed E-state index contributed by atoms with van der Waals surface area (Å²) in [7, 11) is 2.16. The smallest absolute Gasteiger partial charge is 0.239 e. The maximum Gasteiger partial charge on any atom is 0.239 e. The van der Waals surface area contributed by atoms with Crippen molar-refractivity contribution in [2.75, 3.05) is 59.4 Å². The fraction of sp³-hybridized carbons (Fsp3) is 0.680. The average Bonchev–Trinajstić information content (AvgIpc) is 3.36. The molecule has 2 heterocycles. The largest absolute Gasteiger partial charge is 0.357 e. The third-order valence-electron chi connectivity index (χ3n) is 6.80. The normalized spacial score (nSPS) is 20.0. The molecule has 1 aromatic rings. The highest BCUT2D eigenvalue weighted by Crippen LogP contribution is 2.14. The first-order chi connectivity index (χ1) is 15.5. The molecule has 1 aromatic carbocycles. The van der Waals surface area contributed by atoms with E-state index >= 15 is 0 Å². The van der Waals surface area contributed by atoms with E-state index in [-0.39, 0.29) is 6.04 Å². The summed E-state index contributed by atoms with van der Waals surface area (Å²) in [6, 6.07) is 10.9. The predicted octanol–water partition coefficient (Wildman–Crippen LogP) is 2.10. The molecule has 32 heavy (non-hydrogen) atoms. The predicted molar refractivity (Wildman–Crippen MR) is 132 cm³/mol. The molecule has 2 saturated heterocycles. The summed E-state index contributed by atoms with van der Waals surface area (Å²) < 4.78 is 0. The van der Waals surface area contributed by atoms with Crippen LogP contribution in [0.25, 0.3) is 0 Å². The molecule has 3 rings (SSSR count). The summed E-state index contributed by atoms with van der Waals surface area (Å²) in [6.45, 7) is 14.4. The van der Waals surface area contributed by atoms with Crippen LogP contribution in [0.1, 0.15) is 39.2 Å². The first kappa shape index (κ1) is 24.5. The van der Waals surface area contributed by atoms with E-state index in [2.05, 4.69) is 78.2 Å². The standard InChI is InChI=1S/C25H42N6O/c1-5-26-25(27-19-21(2)28(4)20-23-11-7-6-8-12-23)31-17-15-29(16-18-31)22(3)24(32)30-13-9-10-14-30/h6-8,11-12,21-22H,5,9-10,13-20H2,1-4H3,(H,26,27). The number of hydrogen-bond acceptors (Lipinski definition) is 4. The first-order valence-corrected chi connectivity index (χ1v) is 12.3. The molecule has 178 valence electrons. The van der Waals surface area contributed by atoms with E-state index in [9.17, 15) is 4.79 Å². The van der Waals surface area contributed by atoms with E-state index in [1.54, 1.807) is 0 Å². The number of nitrogens with one attached hydrogen (secondary N) is 1. The average molecular weight is 443 g/mol. The van der Waals surface area contributed by atoms with E-state index in [0.717, 1.165) is 77.7 Å². The number of carbonyl (C=O) groups is 1. The van der Waals surface area contributed by atoms with Crippen molar-refractivity contribution in [3.8, 4) is 0 Å². The summed E-state index contributed by atoms with van der Waals surface area (Å²) in [5, 5.41) is 3.47. The van der Waals surface area contributed by atoms with Gasteiger partial charge < -0.3 is 15.1 Å². The van der Waals surface area contributed by atoms with E-state index < -0.39 is 0 Å². The van der Waals surface area contributed by atoms with Crippen molar-refractivity contribution in [1.29, 1.82) is 0 Å². The summed E-state index contributed by atoms with van der Waals surface area (Å²) in [6.07, 6.45) is 2.29. The van der Waals surface area contributed by atoms with E-state index in [4.69, 9.17) is 4.99 Å². The number of amides is 1. The summed E-state index contributed by atoms with van der Waals surface area (Å²) in [5.74, 6) is 1.29. The van der Waals surface area contributed by atoms with Crippen LogP contribution in [0.3, 0.4) is 0 Å². The topological polar surface area (TPSA) is 54.4 Å². The number of nitrogens with zero attached hydrogens (tertiary/aromatic N) is 5. The number of likely N-dealkylation sites (N-methyl/N-ethyl adjacent to an activating group) is 1. The van der Waals surface area contributed by atoms with Crippen molar-refractivity contribution >= 4 is 11.9 Å². The Kier molecular flexibility index (Phi) is 9.36. The number of aliphatic imine (C=N–C) groups is 1. The van der Waals surface area contributed by atoms with E-state index in [1.165, 1.54) is 5.56 Å². The first-order valence-electron chi connectivity index (χ1n) is 12.3. The van der Waals surface area contributed by atoms with Crippen LogP contribution in [0, 0.1) is 0 Å². The van der Waals surface area contributed by atoms with Crippen molar-refractivity contribution in [3.63, 3.8) is 0 Å². The molecule has 1 amide bonds. The Labute approximate surface area is 194 Å². The molecule has 0 aromatic heterocycles. The number of carbonyl (C=O) groups excluding carboxylic acids is 1. The Bertz CT molecular complexity index is 725. The van der Waals surface area contributed by atoms with Gasteiger partial charge in [0.2, 0.25) is 5.91 Å². The van der Waals surface area contributed by atoms with Crippen molar-refractivity contribution < 1.29 is 4.79 Å². The van der Waals surface area contributed by atoms with Crippen LogP contribution in [-0.2, 0) is 11.3 Å². The highest BCUT2D eigenvalue weighted by molar-refractivity contribution is 5.82. The van der Waals surface area contributed by atoms with Gasteiger partial charge in [-0.3, -0.25) is 19.6 Å². The minimum atomic E-state index is -0.0265. The van der Waals surface area contributed by atoms with Gasteiger partial charge in [0.15, 0.2) is 5.96 Å². The number of guanidine groups is 1. The molecule has 7 nitrogen and oxygen atoms in total. The molecule has 0 radical (unpaired) electrons. The third-order valence-corrected chi connectivity index (χ3v) is 6.80. The lowest BCUT2D eigenvalue weighted by Crippen LogP contribution is -2.57. The number of likely N-dealkylation sites (tertiary alicyclic amines) is 1. The Morgan fingerprint density at radius 3 is 2.31 bits per heavy atom. The Morgan fingerprint density at radius 1 is 1.03 bits per heavy atom. The van der Waals surface area contributed by atoms with Crippen LogP contribution in [0.5, 0.6) is 0 Å². The van der Waals surface area contributed by atoms with Gasteiger partial charge in [-0.05, 0) is 46.2 Å². The molecular formula is C25H42N6O. The maximum absolute atomic E-state index is 12.8. The monoisotopic (exact) mass is 442 g/mol. The molecule has 2 aliphatic heterocycles. The molecule has 2 aliphatic rings. The fourth-order valence-corrected chi connectivity index (χ4v) is 4.49. The molecule has 0 saturated carbocycles. The SMILES string of the molecule is CCNC(=NCC(C)N(C)Cc1ccccc1)N1CCN(C(C)C(=O)N2CCCC2)CC1. The lowest BCUT2D eigenvalue weighted by molar-refractivity contribution is -0.135. The number of hydrogen-bond donors (Lipinski definition) is 1. The van der Waals surface area contributed by atoms with Gasteiger partial charge in [0, 0.05) is 58.4 Å². The van der Waals surface area contributed by atoms with Gasteiger partial charge in [0.05, 0.1) is 12.6 Å². The van der Waals surface area contributed by atoms with Gasteiger partial charge in [-0.15, -0.1) is 0 Å². The minimum Gasteiger partial charge on any atom is -0.357 e. The molecular weight excluding hydrogens is 400 g/mol. The number of rotatable bonds is 8. The fourth-order valence-electron chi connectivity index (χ4n) is 4.49. The minimum absolute atomic E-state index is 0.0265. The number of piperazine rings is 1. The van der Waals surface area contributed by atoms with Crippen molar-refractivity contribution in [2.45, 2.75) is 52.2 Å². The van der Waals surface area contributed by atoms with E-state index in [0.29, 0.717) is 11.9 Å². The molecule has 0 aliphatic carbocycles. The molecule has 0 bridgehead atoms. The van der Waals surface area contributed by atoms with Crippen LogP contribution < -0.4 is 5.32 Å². The van der Waals surface area contributed by atoms with Crippen LogP contribution in [0.4, 0.5) is 0 Å². The lowest BCUT2D eigenvalue weighted by Gasteiger charge is -2.39. The quantitative estimate of drug-likeness (QED) is 0.494. The maximum atomic E-state index is 12.8. The van der Waals surface area contributed by atoms with Gasteiger partial charge in [0.25, 0.3) is 0 Å². The van der Waals surface area contributed by atoms with E-state index in [1.807, 2.05) is 4.90 Å². The summed E-state index contributed by atoms with van der Waals surface area (Å²) in [4.78, 5) is 26.8. The second-order valence-electron chi connectivity index (χ2n) is 9.18. The van der Waals surface area contributed by atoms with Crippen LogP contribution in [0.15, 0.2) is 35.3 Å². The van der Waals surface area contributed by atoms with Crippen molar-refractivity contribution in [3.05, 3.63) is 35.9 Å². The zero-order chi connectivity index (χ0) is 22.9. The van der Waals surface area contributed by atoms with Gasteiger partial charge in [0.1, 0.15) is 0 Å². The Balaban J connectivity index is 1.50. The zero-order valence-corrected chi connectivity index (χ0v) is 20.5. The molecule has 2 fully saturated rings. The van der Waals surface area contributed by atoms with Gasteiger partial charge in [-0.25, -0.2) is 0 Å². The van der Waals surface area contributed by atoms with Crippen molar-refractivity contribution in [1.82, 2.24) is 24.9 Å². The summed E-state index contributed by atoms with van der Waals surface area (Å²) >= 11 is 0. The van der Waals surface area contributed by atoms with Gasteiger partial charge in [-0.2, -0.15) is 0 Å². The zero-order valence-electron chi connectivity index (χ0n) is 20.5. The highest BCUT2D eigenvalue weighted by Gasteiger charge is 2.30. The molecule has 2 atom stereocenters. The Hall–Kier alpha value is -2.12. The highest BCUT2D eigenvalue weighted by atomic mass is 16.2. The lowest BCUT2D eigenvalue weighted by atomic mass is 10.2.